The van der Waals surface area contributed by atoms with Crippen LogP contribution in [0.4, 0.5) is 42.9 Å². The van der Waals surface area contributed by atoms with E-state index in [2.05, 4.69) is 228 Å². The van der Waals surface area contributed by atoms with E-state index in [0.717, 1.165) is 77.9 Å². The van der Waals surface area contributed by atoms with E-state index >= 15 is 8.78 Å². The van der Waals surface area contributed by atoms with E-state index in [9.17, 15) is 0 Å². The molecule has 74 heavy (non-hydrogen) atoms. The molecule has 0 fully saturated rings. The fraction of sp³-hybridized carbons (Fsp3) is 0. The van der Waals surface area contributed by atoms with Crippen molar-refractivity contribution in [2.24, 2.45) is 0 Å². The molecule has 0 atom stereocenters. The Bertz CT molecular complexity index is 3880. The van der Waals surface area contributed by atoms with Gasteiger partial charge in [-0.1, -0.05) is 218 Å². The predicted octanol–water partition coefficient (Wildman–Crippen LogP) is 20.2. The van der Waals surface area contributed by atoms with Crippen molar-refractivity contribution in [3.63, 3.8) is 0 Å². The third-order valence-electron chi connectivity index (χ3n) is 14.3. The molecule has 0 saturated heterocycles. The second-order valence-electron chi connectivity index (χ2n) is 18.8. The SMILES string of the molecule is Fc1c2ccc(/C=C/c3ccc(N(c4cccc5ccccc45)c4cccc5ccccc45)cc3)cc2c(F)c2ccc(/C=C/c3ccc(N(c4cccc5ccccc45)c4cccc5ccccc45)cc3)cc12. The van der Waals surface area contributed by atoms with Crippen molar-refractivity contribution in [3.05, 3.63) is 289 Å². The van der Waals surface area contributed by atoms with E-state index in [-0.39, 0.29) is 21.5 Å². The van der Waals surface area contributed by atoms with Gasteiger partial charge in [0.2, 0.25) is 0 Å². The first-order chi connectivity index (χ1) is 36.5. The highest BCUT2D eigenvalue weighted by Gasteiger charge is 2.20. The van der Waals surface area contributed by atoms with Crippen molar-refractivity contribution in [2.45, 2.75) is 0 Å². The maximum Gasteiger partial charge on any atom is 0.139 e. The second-order valence-corrected chi connectivity index (χ2v) is 18.8. The van der Waals surface area contributed by atoms with Crippen LogP contribution in [0, 0.1) is 11.6 Å². The van der Waals surface area contributed by atoms with Crippen molar-refractivity contribution >= 4 is 123 Å². The minimum atomic E-state index is -0.439. The average Bonchev–Trinajstić information content (AvgIpc) is 3.46. The lowest BCUT2D eigenvalue weighted by Crippen LogP contribution is -2.11. The molecule has 350 valence electrons. The number of fused-ring (bicyclic) bond motifs is 6. The summed E-state index contributed by atoms with van der Waals surface area (Å²) in [6.07, 6.45) is 7.93. The summed E-state index contributed by atoms with van der Waals surface area (Å²) in [4.78, 5) is 4.66. The molecule has 0 bridgehead atoms. The lowest BCUT2D eigenvalue weighted by atomic mass is 9.98. The summed E-state index contributed by atoms with van der Waals surface area (Å²) < 4.78 is 32.9. The lowest BCUT2D eigenvalue weighted by molar-refractivity contribution is 0.635. The highest BCUT2D eigenvalue weighted by molar-refractivity contribution is 6.07. The van der Waals surface area contributed by atoms with E-state index in [1.165, 1.54) is 21.5 Å². The number of hydrogen-bond acceptors (Lipinski definition) is 2. The van der Waals surface area contributed by atoms with Gasteiger partial charge >= 0.3 is 0 Å². The molecule has 13 rings (SSSR count). The number of benzene rings is 13. The van der Waals surface area contributed by atoms with Crippen LogP contribution in [0.1, 0.15) is 22.3 Å². The van der Waals surface area contributed by atoms with Gasteiger partial charge in [0.05, 0.1) is 22.7 Å². The van der Waals surface area contributed by atoms with Gasteiger partial charge in [-0.3, -0.25) is 0 Å². The van der Waals surface area contributed by atoms with Gasteiger partial charge in [0.25, 0.3) is 0 Å². The van der Waals surface area contributed by atoms with Crippen molar-refractivity contribution in [1.82, 2.24) is 0 Å². The first-order valence-electron chi connectivity index (χ1n) is 24.9. The minimum absolute atomic E-state index is 0.247. The number of hydrogen-bond donors (Lipinski definition) is 0. The highest BCUT2D eigenvalue weighted by atomic mass is 19.1. The van der Waals surface area contributed by atoms with Crippen molar-refractivity contribution in [2.75, 3.05) is 9.80 Å². The molecule has 0 aliphatic heterocycles. The van der Waals surface area contributed by atoms with E-state index in [4.69, 9.17) is 0 Å². The summed E-state index contributed by atoms with van der Waals surface area (Å²) in [7, 11) is 0. The Kier molecular flexibility index (Phi) is 11.3. The van der Waals surface area contributed by atoms with Crippen LogP contribution in [0.15, 0.2) is 255 Å². The van der Waals surface area contributed by atoms with E-state index < -0.39 is 11.6 Å². The fourth-order valence-electron chi connectivity index (χ4n) is 10.7. The molecule has 13 aromatic rings. The highest BCUT2D eigenvalue weighted by Crippen LogP contribution is 2.44. The molecular weight excluding hydrogens is 907 g/mol. The summed E-state index contributed by atoms with van der Waals surface area (Å²) in [5.74, 6) is -0.878. The molecule has 2 nitrogen and oxygen atoms in total. The third kappa shape index (κ3) is 8.09. The molecule has 0 unspecified atom stereocenters. The quantitative estimate of drug-likeness (QED) is 0.0996. The van der Waals surface area contributed by atoms with Crippen LogP contribution in [0.25, 0.3) is 88.9 Å². The number of rotatable bonds is 10. The molecule has 0 heterocycles. The third-order valence-corrected chi connectivity index (χ3v) is 14.3. The Hall–Kier alpha value is -9.64. The standard InChI is InChI=1S/C70H46F2N2/c71-69-62-44-38-50(32-30-48-35-41-56(42-36-48)74(67-27-11-19-53-15-3-7-23-59(53)67)68-28-12-20-54-16-4-8-24-60(54)68)46-64(62)70(72)61-43-37-49(45-63(61)69)31-29-47-33-39-55(40-34-47)73(65-25-9-17-51-13-1-5-21-57(51)65)66-26-10-18-52-14-2-6-22-58(52)66/h1-46H/b31-29+,32-30+. The van der Waals surface area contributed by atoms with Gasteiger partial charge in [0, 0.05) is 54.5 Å². The summed E-state index contributed by atoms with van der Waals surface area (Å²) in [6, 6.07) is 87.1. The van der Waals surface area contributed by atoms with Gasteiger partial charge in [-0.15, -0.1) is 0 Å². The maximum absolute atomic E-state index is 16.5. The number of halogens is 2. The Morgan fingerprint density at radius 1 is 0.230 bits per heavy atom. The summed E-state index contributed by atoms with van der Waals surface area (Å²) in [6.45, 7) is 0. The van der Waals surface area contributed by atoms with Gasteiger partial charge in [-0.05, 0) is 104 Å². The molecule has 0 radical (unpaired) electrons. The van der Waals surface area contributed by atoms with E-state index in [1.54, 1.807) is 24.3 Å². The van der Waals surface area contributed by atoms with Crippen molar-refractivity contribution in [1.29, 1.82) is 0 Å². The topological polar surface area (TPSA) is 6.48 Å². The van der Waals surface area contributed by atoms with E-state index in [0.29, 0.717) is 0 Å². The zero-order chi connectivity index (χ0) is 49.5. The Labute approximate surface area is 428 Å². The molecular formula is C70H46F2N2. The fourth-order valence-corrected chi connectivity index (χ4v) is 10.7. The molecule has 0 aliphatic rings. The summed E-state index contributed by atoms with van der Waals surface area (Å²) in [5.41, 5.74) is 9.92. The Balaban J connectivity index is 0.772. The predicted molar refractivity (Wildman–Crippen MR) is 312 cm³/mol. The second kappa shape index (κ2) is 18.8. The normalized spacial score (nSPS) is 11.8. The molecule has 0 saturated carbocycles. The van der Waals surface area contributed by atoms with Crippen LogP contribution in [0.2, 0.25) is 0 Å². The average molecular weight is 953 g/mol. The van der Waals surface area contributed by atoms with Crippen LogP contribution < -0.4 is 9.80 Å². The molecule has 4 heteroatoms. The lowest BCUT2D eigenvalue weighted by Gasteiger charge is -2.28. The smallest absolute Gasteiger partial charge is 0.139 e. The van der Waals surface area contributed by atoms with Gasteiger partial charge in [-0.2, -0.15) is 0 Å². The van der Waals surface area contributed by atoms with Gasteiger partial charge in [0.1, 0.15) is 11.6 Å². The zero-order valence-electron chi connectivity index (χ0n) is 40.2. The molecule has 0 N–H and O–H groups in total. The Morgan fingerprint density at radius 2 is 0.500 bits per heavy atom. The first kappa shape index (κ1) is 44.3. The molecule has 0 amide bonds. The van der Waals surface area contributed by atoms with Crippen LogP contribution in [-0.2, 0) is 0 Å². The molecule has 0 aliphatic carbocycles. The monoisotopic (exact) mass is 952 g/mol. The maximum atomic E-state index is 16.5. The van der Waals surface area contributed by atoms with Gasteiger partial charge in [-0.25, -0.2) is 8.78 Å². The van der Waals surface area contributed by atoms with Crippen LogP contribution in [0.3, 0.4) is 0 Å². The molecule has 13 aromatic carbocycles. The van der Waals surface area contributed by atoms with Crippen LogP contribution >= 0.6 is 0 Å². The number of nitrogens with zero attached hydrogens (tertiary/aromatic N) is 2. The van der Waals surface area contributed by atoms with Crippen LogP contribution in [0.5, 0.6) is 0 Å². The molecule has 0 aromatic heterocycles. The zero-order valence-corrected chi connectivity index (χ0v) is 40.2. The largest absolute Gasteiger partial charge is 0.309 e. The first-order valence-corrected chi connectivity index (χ1v) is 24.9. The van der Waals surface area contributed by atoms with Crippen molar-refractivity contribution < 1.29 is 8.78 Å². The summed E-state index contributed by atoms with van der Waals surface area (Å²) >= 11 is 0. The Morgan fingerprint density at radius 3 is 0.824 bits per heavy atom. The number of anilines is 6. The van der Waals surface area contributed by atoms with Gasteiger partial charge < -0.3 is 9.80 Å². The minimum Gasteiger partial charge on any atom is -0.309 e. The van der Waals surface area contributed by atoms with Gasteiger partial charge in [0.15, 0.2) is 0 Å². The van der Waals surface area contributed by atoms with Crippen LogP contribution in [-0.4, -0.2) is 0 Å². The molecule has 0 spiro atoms. The van der Waals surface area contributed by atoms with Crippen molar-refractivity contribution in [3.8, 4) is 0 Å². The van der Waals surface area contributed by atoms with E-state index in [1.807, 2.05) is 36.4 Å². The summed E-state index contributed by atoms with van der Waals surface area (Å²) in [5, 5.41) is 10.3.